The summed E-state index contributed by atoms with van der Waals surface area (Å²) in [5.41, 5.74) is 6.88. The van der Waals surface area contributed by atoms with Gasteiger partial charge in [0.05, 0.1) is 11.4 Å². The molecule has 0 saturated carbocycles. The van der Waals surface area contributed by atoms with Crippen molar-refractivity contribution in [1.82, 2.24) is 25.1 Å². The first-order valence-electron chi connectivity index (χ1n) is 8.86. The first-order valence-corrected chi connectivity index (χ1v) is 8.86. The van der Waals surface area contributed by atoms with Crippen molar-refractivity contribution >= 4 is 11.6 Å². The van der Waals surface area contributed by atoms with E-state index in [4.69, 9.17) is 10.1 Å². The number of hydrogen-bond donors (Lipinski definition) is 2. The molecule has 0 bridgehead atoms. The standard InChI is InChI=1S/C19H20N6/c1-2-5-14(6-3-1)22-19-21-11-13-7-8-15-16-12-20-9-4-10-25(16)24-18(15)17(13)23-19/h1-3,5-6,11,20H,4,7-10,12H2,(H,21,22,23). The molecule has 1 aromatic carbocycles. The van der Waals surface area contributed by atoms with Crippen LogP contribution < -0.4 is 10.6 Å². The van der Waals surface area contributed by atoms with Gasteiger partial charge in [0.15, 0.2) is 0 Å². The smallest absolute Gasteiger partial charge is 0.227 e. The van der Waals surface area contributed by atoms with Gasteiger partial charge in [-0.05, 0) is 43.5 Å². The van der Waals surface area contributed by atoms with Gasteiger partial charge in [0, 0.05) is 30.5 Å². The molecule has 0 atom stereocenters. The van der Waals surface area contributed by atoms with E-state index in [0.29, 0.717) is 5.95 Å². The van der Waals surface area contributed by atoms with Gasteiger partial charge in [-0.15, -0.1) is 0 Å². The van der Waals surface area contributed by atoms with Crippen molar-refractivity contribution in [2.75, 3.05) is 11.9 Å². The van der Waals surface area contributed by atoms with Gasteiger partial charge in [0.25, 0.3) is 0 Å². The summed E-state index contributed by atoms with van der Waals surface area (Å²) in [4.78, 5) is 9.29. The van der Waals surface area contributed by atoms with Gasteiger partial charge in [-0.3, -0.25) is 4.68 Å². The molecule has 6 heteroatoms. The highest BCUT2D eigenvalue weighted by Gasteiger charge is 2.27. The first-order chi connectivity index (χ1) is 12.4. The Hall–Kier alpha value is -2.73. The number of fused-ring (bicyclic) bond motifs is 5. The van der Waals surface area contributed by atoms with Crippen molar-refractivity contribution in [2.24, 2.45) is 0 Å². The summed E-state index contributed by atoms with van der Waals surface area (Å²) >= 11 is 0. The molecule has 3 aromatic rings. The molecule has 126 valence electrons. The molecule has 3 heterocycles. The molecule has 0 radical (unpaired) electrons. The molecule has 0 fully saturated rings. The second kappa shape index (κ2) is 5.97. The number of anilines is 2. The minimum atomic E-state index is 0.624. The molecule has 5 rings (SSSR count). The number of aryl methyl sites for hydroxylation is 2. The third-order valence-electron chi connectivity index (χ3n) is 4.95. The van der Waals surface area contributed by atoms with E-state index in [0.717, 1.165) is 56.0 Å². The van der Waals surface area contributed by atoms with E-state index in [1.54, 1.807) is 0 Å². The molecule has 2 N–H and O–H groups in total. The fourth-order valence-electron chi connectivity index (χ4n) is 3.70. The van der Waals surface area contributed by atoms with Crippen LogP contribution in [-0.2, 0) is 25.9 Å². The van der Waals surface area contributed by atoms with Crippen LogP contribution in [0.5, 0.6) is 0 Å². The third-order valence-corrected chi connectivity index (χ3v) is 4.95. The number of para-hydroxylation sites is 1. The van der Waals surface area contributed by atoms with Crippen molar-refractivity contribution in [1.29, 1.82) is 0 Å². The number of benzene rings is 1. The quantitative estimate of drug-likeness (QED) is 0.755. The summed E-state index contributed by atoms with van der Waals surface area (Å²) in [6.45, 7) is 2.94. The van der Waals surface area contributed by atoms with Gasteiger partial charge in [0.1, 0.15) is 5.69 Å². The van der Waals surface area contributed by atoms with Crippen LogP contribution in [0.15, 0.2) is 36.5 Å². The zero-order valence-electron chi connectivity index (χ0n) is 14.0. The largest absolute Gasteiger partial charge is 0.324 e. The van der Waals surface area contributed by atoms with Gasteiger partial charge >= 0.3 is 0 Å². The van der Waals surface area contributed by atoms with Crippen molar-refractivity contribution in [3.8, 4) is 11.4 Å². The Morgan fingerprint density at radius 2 is 2.00 bits per heavy atom. The highest BCUT2D eigenvalue weighted by molar-refractivity contribution is 5.68. The summed E-state index contributed by atoms with van der Waals surface area (Å²) in [5, 5.41) is 11.7. The lowest BCUT2D eigenvalue weighted by Gasteiger charge is -2.16. The Morgan fingerprint density at radius 1 is 1.08 bits per heavy atom. The second-order valence-corrected chi connectivity index (χ2v) is 6.59. The lowest BCUT2D eigenvalue weighted by atomic mass is 9.93. The van der Waals surface area contributed by atoms with Crippen LogP contribution in [0, 0.1) is 0 Å². The minimum absolute atomic E-state index is 0.624. The number of rotatable bonds is 2. The van der Waals surface area contributed by atoms with E-state index < -0.39 is 0 Å². The normalized spacial score (nSPS) is 15.7. The maximum absolute atomic E-state index is 4.90. The minimum Gasteiger partial charge on any atom is -0.324 e. The second-order valence-electron chi connectivity index (χ2n) is 6.59. The highest BCUT2D eigenvalue weighted by atomic mass is 15.3. The maximum atomic E-state index is 4.90. The first kappa shape index (κ1) is 14.6. The van der Waals surface area contributed by atoms with Gasteiger partial charge in [-0.25, -0.2) is 9.97 Å². The van der Waals surface area contributed by atoms with Gasteiger partial charge in [0.2, 0.25) is 5.95 Å². The molecule has 2 aromatic heterocycles. The van der Waals surface area contributed by atoms with E-state index in [1.807, 2.05) is 36.5 Å². The average Bonchev–Trinajstić information content (AvgIpc) is 2.84. The topological polar surface area (TPSA) is 67.7 Å². The molecule has 1 aliphatic heterocycles. The predicted octanol–water partition coefficient (Wildman–Crippen LogP) is 2.68. The number of hydrogen-bond acceptors (Lipinski definition) is 5. The van der Waals surface area contributed by atoms with Crippen LogP contribution in [0.25, 0.3) is 11.4 Å². The fraction of sp³-hybridized carbons (Fsp3) is 0.316. The van der Waals surface area contributed by atoms with Crippen LogP contribution in [-0.4, -0.2) is 26.3 Å². The van der Waals surface area contributed by atoms with E-state index >= 15 is 0 Å². The SMILES string of the molecule is c1ccc(Nc2ncc3c(n2)-c2nn4c(c2CC3)CNCCC4)cc1. The van der Waals surface area contributed by atoms with E-state index in [-0.39, 0.29) is 0 Å². The number of aromatic nitrogens is 4. The molecule has 1 aliphatic carbocycles. The molecule has 6 nitrogen and oxygen atoms in total. The lowest BCUT2D eigenvalue weighted by Crippen LogP contribution is -2.15. The molecule has 0 spiro atoms. The summed E-state index contributed by atoms with van der Waals surface area (Å²) in [5.74, 6) is 0.624. The van der Waals surface area contributed by atoms with Crippen LogP contribution in [0.3, 0.4) is 0 Å². The van der Waals surface area contributed by atoms with Crippen molar-refractivity contribution in [2.45, 2.75) is 32.4 Å². The molecular formula is C19H20N6. The van der Waals surface area contributed by atoms with E-state index in [9.17, 15) is 0 Å². The van der Waals surface area contributed by atoms with E-state index in [1.165, 1.54) is 16.8 Å². The Bertz CT molecular complexity index is 915. The summed E-state index contributed by atoms with van der Waals surface area (Å²) in [6.07, 6.45) is 5.06. The van der Waals surface area contributed by atoms with Crippen LogP contribution in [0.4, 0.5) is 11.6 Å². The summed E-state index contributed by atoms with van der Waals surface area (Å²) in [6, 6.07) is 10.0. The Morgan fingerprint density at radius 3 is 2.92 bits per heavy atom. The highest BCUT2D eigenvalue weighted by Crippen LogP contribution is 2.34. The van der Waals surface area contributed by atoms with Gasteiger partial charge < -0.3 is 10.6 Å². The summed E-state index contributed by atoms with van der Waals surface area (Å²) in [7, 11) is 0. The van der Waals surface area contributed by atoms with Crippen molar-refractivity contribution in [3.63, 3.8) is 0 Å². The van der Waals surface area contributed by atoms with Gasteiger partial charge in [-0.2, -0.15) is 5.10 Å². The van der Waals surface area contributed by atoms with Crippen molar-refractivity contribution < 1.29 is 0 Å². The Kier molecular flexibility index (Phi) is 3.48. The van der Waals surface area contributed by atoms with E-state index in [2.05, 4.69) is 20.3 Å². The number of nitrogens with one attached hydrogen (secondary N) is 2. The molecule has 25 heavy (non-hydrogen) atoms. The molecule has 0 amide bonds. The summed E-state index contributed by atoms with van der Waals surface area (Å²) < 4.78 is 2.17. The van der Waals surface area contributed by atoms with Crippen LogP contribution in [0.2, 0.25) is 0 Å². The predicted molar refractivity (Wildman–Crippen MR) is 96.7 cm³/mol. The monoisotopic (exact) mass is 332 g/mol. The lowest BCUT2D eigenvalue weighted by molar-refractivity contribution is 0.588. The van der Waals surface area contributed by atoms with Crippen LogP contribution >= 0.6 is 0 Å². The maximum Gasteiger partial charge on any atom is 0.227 e. The fourth-order valence-corrected chi connectivity index (χ4v) is 3.70. The Labute approximate surface area is 146 Å². The molecule has 0 saturated heterocycles. The van der Waals surface area contributed by atoms with Crippen molar-refractivity contribution in [3.05, 3.63) is 53.3 Å². The zero-order valence-corrected chi connectivity index (χ0v) is 14.0. The molecular weight excluding hydrogens is 312 g/mol. The molecule has 0 unspecified atom stereocenters. The molecule has 2 aliphatic rings. The van der Waals surface area contributed by atoms with Gasteiger partial charge in [-0.1, -0.05) is 18.2 Å². The zero-order chi connectivity index (χ0) is 16.6. The average molecular weight is 332 g/mol. The number of nitrogens with zero attached hydrogens (tertiary/aromatic N) is 4. The Balaban J connectivity index is 1.55. The van der Waals surface area contributed by atoms with Crippen LogP contribution in [0.1, 0.15) is 23.2 Å². The third kappa shape index (κ3) is 2.59.